The van der Waals surface area contributed by atoms with Crippen molar-refractivity contribution in [3.8, 4) is 0 Å². The van der Waals surface area contributed by atoms with Gasteiger partial charge in [-0.15, -0.1) is 10.2 Å². The number of nitrogens with zero attached hydrogens (tertiary/aromatic N) is 3. The molecular formula is C10H9ClN4S. The third-order valence-corrected chi connectivity index (χ3v) is 3.75. The summed E-state index contributed by atoms with van der Waals surface area (Å²) in [6.07, 6.45) is 1.68. The average molecular weight is 253 g/mol. The first kappa shape index (κ1) is 9.99. The number of aromatic nitrogens is 3. The van der Waals surface area contributed by atoms with Gasteiger partial charge in [-0.1, -0.05) is 35.5 Å². The van der Waals surface area contributed by atoms with E-state index in [4.69, 9.17) is 11.6 Å². The third-order valence-electron chi connectivity index (χ3n) is 2.46. The largest absolute Gasteiger partial charge is 0.314 e. The molecule has 0 amide bonds. The zero-order valence-electron chi connectivity index (χ0n) is 8.30. The normalized spacial score (nSPS) is 18.9. The number of nitrogens with one attached hydrogen (secondary N) is 1. The smallest absolute Gasteiger partial charge is 0.209 e. The van der Waals surface area contributed by atoms with Crippen molar-refractivity contribution in [3.05, 3.63) is 41.2 Å². The van der Waals surface area contributed by atoms with Crippen LogP contribution in [0.25, 0.3) is 0 Å². The highest BCUT2D eigenvalue weighted by Crippen LogP contribution is 2.29. The second kappa shape index (κ2) is 3.99. The number of fused-ring (bicyclic) bond motifs is 1. The van der Waals surface area contributed by atoms with Crippen LogP contribution in [0.3, 0.4) is 0 Å². The van der Waals surface area contributed by atoms with Crippen LogP contribution < -0.4 is 5.43 Å². The molecule has 0 aliphatic carbocycles. The van der Waals surface area contributed by atoms with Gasteiger partial charge in [0.15, 0.2) is 0 Å². The Labute approximate surface area is 102 Å². The highest BCUT2D eigenvalue weighted by Gasteiger charge is 2.20. The van der Waals surface area contributed by atoms with Crippen LogP contribution in [0.4, 0.5) is 0 Å². The van der Waals surface area contributed by atoms with Crippen molar-refractivity contribution in [1.82, 2.24) is 14.9 Å². The second-order valence-corrected chi connectivity index (χ2v) is 4.95. The Morgan fingerprint density at radius 2 is 2.19 bits per heavy atom. The molecule has 3 rings (SSSR count). The standard InChI is InChI=1S/C10H9ClN4S/c11-8-3-1-7(2-4-8)9-5-16-10-13-12-6-15(10)14-9/h1-4,6,9,14H,5H2. The minimum atomic E-state index is 0.269. The van der Waals surface area contributed by atoms with E-state index in [1.165, 1.54) is 5.56 Å². The minimum Gasteiger partial charge on any atom is -0.314 e. The molecule has 0 bridgehead atoms. The monoisotopic (exact) mass is 252 g/mol. The lowest BCUT2D eigenvalue weighted by Gasteiger charge is -2.25. The molecule has 1 aromatic carbocycles. The fourth-order valence-corrected chi connectivity index (χ4v) is 2.69. The Morgan fingerprint density at radius 3 is 3.00 bits per heavy atom. The summed E-state index contributed by atoms with van der Waals surface area (Å²) in [4.78, 5) is 0. The van der Waals surface area contributed by atoms with Gasteiger partial charge in [0.2, 0.25) is 5.16 Å². The molecule has 0 saturated heterocycles. The van der Waals surface area contributed by atoms with Crippen LogP contribution in [0.1, 0.15) is 11.6 Å². The minimum absolute atomic E-state index is 0.269. The topological polar surface area (TPSA) is 42.7 Å². The van der Waals surface area contributed by atoms with Crippen LogP contribution in [0.15, 0.2) is 35.7 Å². The molecule has 16 heavy (non-hydrogen) atoms. The number of hydrogen-bond donors (Lipinski definition) is 1. The van der Waals surface area contributed by atoms with Gasteiger partial charge in [-0.05, 0) is 17.7 Å². The van der Waals surface area contributed by atoms with Crippen LogP contribution >= 0.6 is 23.4 Å². The molecule has 0 spiro atoms. The first-order chi connectivity index (χ1) is 7.83. The maximum absolute atomic E-state index is 5.86. The van der Waals surface area contributed by atoms with Gasteiger partial charge >= 0.3 is 0 Å². The molecule has 0 fully saturated rings. The quantitative estimate of drug-likeness (QED) is 0.846. The van der Waals surface area contributed by atoms with Gasteiger partial charge in [-0.25, -0.2) is 4.68 Å². The molecule has 6 heteroatoms. The predicted molar refractivity (Wildman–Crippen MR) is 64.3 cm³/mol. The van der Waals surface area contributed by atoms with Crippen molar-refractivity contribution in [3.63, 3.8) is 0 Å². The van der Waals surface area contributed by atoms with E-state index in [0.29, 0.717) is 0 Å². The molecule has 2 heterocycles. The fraction of sp³-hybridized carbons (Fsp3) is 0.200. The lowest BCUT2D eigenvalue weighted by atomic mass is 10.1. The van der Waals surface area contributed by atoms with Crippen molar-refractivity contribution in [2.75, 3.05) is 11.2 Å². The second-order valence-electron chi connectivity index (χ2n) is 3.53. The van der Waals surface area contributed by atoms with E-state index < -0.39 is 0 Å². The Balaban J connectivity index is 1.86. The Kier molecular flexibility index (Phi) is 2.49. The van der Waals surface area contributed by atoms with Gasteiger partial charge in [-0.3, -0.25) is 0 Å². The van der Waals surface area contributed by atoms with Gasteiger partial charge < -0.3 is 5.43 Å². The number of halogens is 1. The lowest BCUT2D eigenvalue weighted by Crippen LogP contribution is -2.26. The first-order valence-corrected chi connectivity index (χ1v) is 6.24. The van der Waals surface area contributed by atoms with E-state index in [0.717, 1.165) is 15.9 Å². The summed E-state index contributed by atoms with van der Waals surface area (Å²) in [5.41, 5.74) is 4.56. The van der Waals surface area contributed by atoms with Crippen molar-refractivity contribution < 1.29 is 0 Å². The van der Waals surface area contributed by atoms with Gasteiger partial charge in [0.1, 0.15) is 6.33 Å². The summed E-state index contributed by atoms with van der Waals surface area (Å²) in [5.74, 6) is 0.945. The summed E-state index contributed by atoms with van der Waals surface area (Å²) in [5, 5.41) is 9.51. The zero-order valence-corrected chi connectivity index (χ0v) is 9.87. The average Bonchev–Trinajstić information content (AvgIpc) is 2.77. The molecule has 1 unspecified atom stereocenters. The predicted octanol–water partition coefficient (Wildman–Crippen LogP) is 2.32. The van der Waals surface area contributed by atoms with Gasteiger partial charge in [0.05, 0.1) is 6.04 Å². The Bertz CT molecular complexity index is 496. The van der Waals surface area contributed by atoms with Crippen LogP contribution in [0.5, 0.6) is 0 Å². The third kappa shape index (κ3) is 1.76. The number of thioether (sulfide) groups is 1. The van der Waals surface area contributed by atoms with Gasteiger partial charge in [0.25, 0.3) is 0 Å². The van der Waals surface area contributed by atoms with E-state index in [1.807, 2.05) is 28.9 Å². The summed E-state index contributed by atoms with van der Waals surface area (Å²) < 4.78 is 1.85. The number of hydrogen-bond acceptors (Lipinski definition) is 4. The van der Waals surface area contributed by atoms with Crippen LogP contribution in [0.2, 0.25) is 5.02 Å². The Morgan fingerprint density at radius 1 is 1.38 bits per heavy atom. The van der Waals surface area contributed by atoms with Crippen LogP contribution in [-0.4, -0.2) is 20.6 Å². The molecule has 1 atom stereocenters. The zero-order chi connectivity index (χ0) is 11.0. The van der Waals surface area contributed by atoms with Crippen LogP contribution in [-0.2, 0) is 0 Å². The summed E-state index contributed by atoms with van der Waals surface area (Å²) in [7, 11) is 0. The molecule has 1 aliphatic rings. The maximum Gasteiger partial charge on any atom is 0.209 e. The Hall–Kier alpha value is -1.20. The van der Waals surface area contributed by atoms with Crippen molar-refractivity contribution in [2.24, 2.45) is 0 Å². The highest BCUT2D eigenvalue weighted by atomic mass is 35.5. The molecule has 1 aliphatic heterocycles. The summed E-state index contributed by atoms with van der Waals surface area (Å²) >= 11 is 7.56. The summed E-state index contributed by atoms with van der Waals surface area (Å²) in [6, 6.07) is 8.16. The number of rotatable bonds is 1. The fourth-order valence-electron chi connectivity index (χ4n) is 1.64. The maximum atomic E-state index is 5.86. The van der Waals surface area contributed by atoms with Crippen molar-refractivity contribution in [1.29, 1.82) is 0 Å². The SMILES string of the molecule is Clc1ccc(C2CSc3nncn3N2)cc1. The van der Waals surface area contributed by atoms with Crippen molar-refractivity contribution in [2.45, 2.75) is 11.2 Å². The molecular weight excluding hydrogens is 244 g/mol. The van der Waals surface area contributed by atoms with Gasteiger partial charge in [0, 0.05) is 10.8 Å². The molecule has 0 radical (unpaired) electrons. The van der Waals surface area contributed by atoms with E-state index in [9.17, 15) is 0 Å². The lowest BCUT2D eigenvalue weighted by molar-refractivity contribution is 0.658. The van der Waals surface area contributed by atoms with E-state index in [-0.39, 0.29) is 6.04 Å². The van der Waals surface area contributed by atoms with E-state index >= 15 is 0 Å². The van der Waals surface area contributed by atoms with E-state index in [2.05, 4.69) is 15.6 Å². The molecule has 82 valence electrons. The number of benzene rings is 1. The molecule has 1 aromatic heterocycles. The van der Waals surface area contributed by atoms with Crippen molar-refractivity contribution >= 4 is 23.4 Å². The highest BCUT2D eigenvalue weighted by molar-refractivity contribution is 7.99. The molecule has 1 N–H and O–H groups in total. The molecule has 2 aromatic rings. The molecule has 0 saturated carbocycles. The summed E-state index contributed by atoms with van der Waals surface area (Å²) in [6.45, 7) is 0. The van der Waals surface area contributed by atoms with Crippen LogP contribution in [0, 0.1) is 0 Å². The van der Waals surface area contributed by atoms with Gasteiger partial charge in [-0.2, -0.15) is 0 Å². The van der Waals surface area contributed by atoms with E-state index in [1.54, 1.807) is 18.1 Å². The first-order valence-electron chi connectivity index (χ1n) is 4.88. The molecule has 4 nitrogen and oxygen atoms in total.